The summed E-state index contributed by atoms with van der Waals surface area (Å²) in [6.45, 7) is 3.22. The minimum Gasteiger partial charge on any atom is -0.397 e. The number of anilines is 1. The van der Waals surface area contributed by atoms with E-state index in [0.717, 1.165) is 23.8 Å². The van der Waals surface area contributed by atoms with Crippen LogP contribution in [0.25, 0.3) is 0 Å². The van der Waals surface area contributed by atoms with Crippen LogP contribution in [0.1, 0.15) is 38.3 Å². The molecule has 0 radical (unpaired) electrons. The van der Waals surface area contributed by atoms with Crippen molar-refractivity contribution in [1.29, 1.82) is 0 Å². The number of nitrogens with two attached hydrogens (primary N) is 1. The highest BCUT2D eigenvalue weighted by atomic mass is 15.1. The molecule has 94 valence electrons. The van der Waals surface area contributed by atoms with Crippen molar-refractivity contribution in [1.82, 2.24) is 9.88 Å². The molecule has 2 rings (SSSR count). The average Bonchev–Trinajstić information content (AvgIpc) is 2.32. The summed E-state index contributed by atoms with van der Waals surface area (Å²) in [6.07, 6.45) is 7.18. The van der Waals surface area contributed by atoms with E-state index in [0.29, 0.717) is 6.04 Å². The lowest BCUT2D eigenvalue weighted by Crippen LogP contribution is -2.35. The Hall–Kier alpha value is -1.09. The fraction of sp³-hybridized carbons (Fsp3) is 0.643. The van der Waals surface area contributed by atoms with Crippen molar-refractivity contribution in [3.05, 3.63) is 24.0 Å². The van der Waals surface area contributed by atoms with Gasteiger partial charge in [0, 0.05) is 18.8 Å². The molecule has 1 heterocycles. The number of nitrogen functional groups attached to an aromatic ring is 1. The zero-order valence-corrected chi connectivity index (χ0v) is 10.9. The molecule has 0 aromatic carbocycles. The van der Waals surface area contributed by atoms with Gasteiger partial charge in [-0.3, -0.25) is 9.88 Å². The van der Waals surface area contributed by atoms with Gasteiger partial charge in [0.1, 0.15) is 0 Å². The first-order chi connectivity index (χ1) is 8.16. The molecule has 0 saturated heterocycles. The molecule has 2 unspecified atom stereocenters. The lowest BCUT2D eigenvalue weighted by molar-refractivity contribution is 0.156. The van der Waals surface area contributed by atoms with E-state index in [2.05, 4.69) is 23.9 Å². The Morgan fingerprint density at radius 2 is 2.29 bits per heavy atom. The van der Waals surface area contributed by atoms with E-state index in [1.165, 1.54) is 25.7 Å². The van der Waals surface area contributed by atoms with Gasteiger partial charge in [-0.05, 0) is 37.9 Å². The van der Waals surface area contributed by atoms with Crippen LogP contribution in [-0.4, -0.2) is 23.0 Å². The van der Waals surface area contributed by atoms with Crippen LogP contribution in [0.2, 0.25) is 0 Å². The van der Waals surface area contributed by atoms with Crippen LogP contribution < -0.4 is 5.73 Å². The third-order valence-corrected chi connectivity index (χ3v) is 3.86. The van der Waals surface area contributed by atoms with Crippen molar-refractivity contribution in [3.63, 3.8) is 0 Å². The summed E-state index contributed by atoms with van der Waals surface area (Å²) in [5.74, 6) is 0.859. The summed E-state index contributed by atoms with van der Waals surface area (Å²) in [7, 11) is 2.19. The topological polar surface area (TPSA) is 42.2 Å². The van der Waals surface area contributed by atoms with E-state index >= 15 is 0 Å². The van der Waals surface area contributed by atoms with Gasteiger partial charge in [-0.25, -0.2) is 0 Å². The van der Waals surface area contributed by atoms with E-state index in [1.54, 1.807) is 0 Å². The number of aromatic nitrogens is 1. The fourth-order valence-corrected chi connectivity index (χ4v) is 2.75. The van der Waals surface area contributed by atoms with Gasteiger partial charge in [-0.15, -0.1) is 0 Å². The second kappa shape index (κ2) is 5.50. The van der Waals surface area contributed by atoms with Crippen LogP contribution in [-0.2, 0) is 6.54 Å². The Bertz CT molecular complexity index is 364. The maximum atomic E-state index is 5.94. The van der Waals surface area contributed by atoms with Gasteiger partial charge in [0.05, 0.1) is 11.4 Å². The second-order valence-corrected chi connectivity index (χ2v) is 5.38. The minimum absolute atomic E-state index is 0.695. The third kappa shape index (κ3) is 3.19. The molecular formula is C14H23N3. The van der Waals surface area contributed by atoms with Crippen molar-refractivity contribution in [2.45, 2.75) is 45.2 Å². The van der Waals surface area contributed by atoms with Crippen molar-refractivity contribution in [2.75, 3.05) is 12.8 Å². The molecule has 17 heavy (non-hydrogen) atoms. The van der Waals surface area contributed by atoms with E-state index in [9.17, 15) is 0 Å². The molecule has 0 spiro atoms. The number of hydrogen-bond donors (Lipinski definition) is 1. The van der Waals surface area contributed by atoms with Crippen molar-refractivity contribution < 1.29 is 0 Å². The molecule has 1 saturated carbocycles. The molecule has 0 amide bonds. The fourth-order valence-electron chi connectivity index (χ4n) is 2.75. The number of pyridine rings is 1. The van der Waals surface area contributed by atoms with E-state index in [-0.39, 0.29) is 0 Å². The first-order valence-corrected chi connectivity index (χ1v) is 6.56. The number of nitrogens with zero attached hydrogens (tertiary/aromatic N) is 2. The first kappa shape index (κ1) is 12.4. The molecule has 1 aliphatic rings. The van der Waals surface area contributed by atoms with Crippen molar-refractivity contribution >= 4 is 5.69 Å². The van der Waals surface area contributed by atoms with E-state index in [1.807, 2.05) is 18.3 Å². The predicted octanol–water partition coefficient (Wildman–Crippen LogP) is 2.67. The number of rotatable bonds is 3. The summed E-state index contributed by atoms with van der Waals surface area (Å²) in [5, 5.41) is 0. The molecule has 0 bridgehead atoms. The molecule has 1 aromatic rings. The zero-order valence-electron chi connectivity index (χ0n) is 10.9. The summed E-state index contributed by atoms with van der Waals surface area (Å²) in [5.41, 5.74) is 7.75. The van der Waals surface area contributed by atoms with Crippen LogP contribution in [0.15, 0.2) is 18.3 Å². The molecule has 0 aliphatic heterocycles. The Balaban J connectivity index is 1.96. The third-order valence-electron chi connectivity index (χ3n) is 3.86. The molecule has 2 N–H and O–H groups in total. The lowest BCUT2D eigenvalue weighted by Gasteiger charge is -2.34. The van der Waals surface area contributed by atoms with Crippen LogP contribution in [0.4, 0.5) is 5.69 Å². The maximum Gasteiger partial charge on any atom is 0.0772 e. The van der Waals surface area contributed by atoms with Gasteiger partial charge < -0.3 is 5.73 Å². The smallest absolute Gasteiger partial charge is 0.0772 e. The van der Waals surface area contributed by atoms with Gasteiger partial charge in [0.25, 0.3) is 0 Å². The number of hydrogen-bond acceptors (Lipinski definition) is 3. The van der Waals surface area contributed by atoms with E-state index in [4.69, 9.17) is 5.73 Å². The SMILES string of the molecule is CC1CCCC(N(C)Cc2ncccc2N)C1. The molecule has 1 aromatic heterocycles. The standard InChI is InChI=1S/C14H23N3/c1-11-5-3-6-12(9-11)17(2)10-14-13(15)7-4-8-16-14/h4,7-8,11-12H,3,5-6,9-10,15H2,1-2H3. The Kier molecular flexibility index (Phi) is 4.00. The lowest BCUT2D eigenvalue weighted by atomic mass is 9.86. The van der Waals surface area contributed by atoms with Crippen LogP contribution in [0, 0.1) is 5.92 Å². The normalized spacial score (nSPS) is 25.1. The van der Waals surface area contributed by atoms with Gasteiger partial charge in [-0.1, -0.05) is 19.8 Å². The van der Waals surface area contributed by atoms with E-state index < -0.39 is 0 Å². The predicted molar refractivity (Wildman–Crippen MR) is 71.5 cm³/mol. The zero-order chi connectivity index (χ0) is 12.3. The Morgan fingerprint density at radius 1 is 1.47 bits per heavy atom. The summed E-state index contributed by atoms with van der Waals surface area (Å²) >= 11 is 0. The molecule has 1 aliphatic carbocycles. The maximum absolute atomic E-state index is 5.94. The minimum atomic E-state index is 0.695. The van der Waals surface area contributed by atoms with Gasteiger partial charge >= 0.3 is 0 Å². The van der Waals surface area contributed by atoms with Crippen LogP contribution in [0.3, 0.4) is 0 Å². The quantitative estimate of drug-likeness (QED) is 0.872. The second-order valence-electron chi connectivity index (χ2n) is 5.38. The summed E-state index contributed by atoms with van der Waals surface area (Å²) < 4.78 is 0. The highest BCUT2D eigenvalue weighted by Crippen LogP contribution is 2.27. The largest absolute Gasteiger partial charge is 0.397 e. The van der Waals surface area contributed by atoms with Gasteiger partial charge in [0.15, 0.2) is 0 Å². The summed E-state index contributed by atoms with van der Waals surface area (Å²) in [4.78, 5) is 6.78. The van der Waals surface area contributed by atoms with Crippen LogP contribution >= 0.6 is 0 Å². The van der Waals surface area contributed by atoms with Gasteiger partial charge in [0.2, 0.25) is 0 Å². The molecule has 2 atom stereocenters. The summed E-state index contributed by atoms with van der Waals surface area (Å²) in [6, 6.07) is 4.52. The monoisotopic (exact) mass is 233 g/mol. The van der Waals surface area contributed by atoms with Crippen molar-refractivity contribution in [3.8, 4) is 0 Å². The Morgan fingerprint density at radius 3 is 3.00 bits per heavy atom. The molecule has 3 nitrogen and oxygen atoms in total. The van der Waals surface area contributed by atoms with Crippen molar-refractivity contribution in [2.24, 2.45) is 5.92 Å². The van der Waals surface area contributed by atoms with Gasteiger partial charge in [-0.2, -0.15) is 0 Å². The highest BCUT2D eigenvalue weighted by molar-refractivity contribution is 5.41. The average molecular weight is 233 g/mol. The molecule has 3 heteroatoms. The van der Waals surface area contributed by atoms with Crippen LogP contribution in [0.5, 0.6) is 0 Å². The Labute approximate surface area is 104 Å². The highest BCUT2D eigenvalue weighted by Gasteiger charge is 2.22. The molecule has 1 fully saturated rings. The first-order valence-electron chi connectivity index (χ1n) is 6.56. The molecular weight excluding hydrogens is 210 g/mol.